The predicted octanol–water partition coefficient (Wildman–Crippen LogP) is 16.8. The molecule has 3 nitrogen and oxygen atoms in total. The molecule has 0 saturated heterocycles. The Labute approximate surface area is 366 Å². The van der Waals surface area contributed by atoms with Crippen LogP contribution in [0.2, 0.25) is 0 Å². The van der Waals surface area contributed by atoms with Crippen molar-refractivity contribution in [1.29, 1.82) is 0 Å². The summed E-state index contributed by atoms with van der Waals surface area (Å²) in [4.78, 5) is 2.45. The second kappa shape index (κ2) is 15.3. The van der Waals surface area contributed by atoms with Crippen LogP contribution < -0.4 is 4.90 Å². The molecule has 0 N–H and O–H groups in total. The number of nitrogens with zero attached hydrogens (tertiary/aromatic N) is 2. The van der Waals surface area contributed by atoms with Crippen molar-refractivity contribution < 1.29 is 4.42 Å². The van der Waals surface area contributed by atoms with E-state index < -0.39 is 0 Å². The van der Waals surface area contributed by atoms with E-state index in [0.717, 1.165) is 94.3 Å². The predicted molar refractivity (Wildman–Crippen MR) is 264 cm³/mol. The summed E-state index contributed by atoms with van der Waals surface area (Å²) >= 11 is 0. The smallest absolute Gasteiger partial charge is 0.159 e. The summed E-state index contributed by atoms with van der Waals surface area (Å²) in [5.74, 6) is 0. The first-order valence-corrected chi connectivity index (χ1v) is 21.5. The highest BCUT2D eigenvalue weighted by Gasteiger charge is 2.27. The molecular formula is C60H40N2O. The van der Waals surface area contributed by atoms with Gasteiger partial charge in [-0.15, -0.1) is 0 Å². The fourth-order valence-electron chi connectivity index (χ4n) is 9.53. The van der Waals surface area contributed by atoms with Crippen LogP contribution in [0, 0.1) is 0 Å². The fraction of sp³-hybridized carbons (Fsp3) is 0. The van der Waals surface area contributed by atoms with Crippen LogP contribution in [0.4, 0.5) is 17.1 Å². The van der Waals surface area contributed by atoms with Crippen LogP contribution in [-0.2, 0) is 0 Å². The molecule has 2 heterocycles. The largest absolute Gasteiger partial charge is 0.454 e. The first-order valence-electron chi connectivity index (χ1n) is 21.5. The van der Waals surface area contributed by atoms with Crippen molar-refractivity contribution in [3.63, 3.8) is 0 Å². The Kier molecular flexibility index (Phi) is 8.83. The van der Waals surface area contributed by atoms with Crippen molar-refractivity contribution in [3.05, 3.63) is 243 Å². The first-order chi connectivity index (χ1) is 31.3. The van der Waals surface area contributed by atoms with Gasteiger partial charge >= 0.3 is 0 Å². The highest BCUT2D eigenvalue weighted by atomic mass is 16.3. The van der Waals surface area contributed by atoms with E-state index in [-0.39, 0.29) is 0 Å². The lowest BCUT2D eigenvalue weighted by molar-refractivity contribution is 0.669. The number of rotatable bonds is 8. The van der Waals surface area contributed by atoms with Gasteiger partial charge in [-0.2, -0.15) is 0 Å². The van der Waals surface area contributed by atoms with Crippen LogP contribution in [0.1, 0.15) is 0 Å². The molecule has 0 aliphatic rings. The quantitative estimate of drug-likeness (QED) is 0.153. The molecule has 0 bridgehead atoms. The number of aromatic nitrogens is 1. The van der Waals surface area contributed by atoms with E-state index in [0.29, 0.717) is 0 Å². The molecule has 12 aromatic rings. The van der Waals surface area contributed by atoms with Gasteiger partial charge in [0.05, 0.1) is 28.1 Å². The molecule has 0 aliphatic carbocycles. The number of hydrogen-bond acceptors (Lipinski definition) is 2. The van der Waals surface area contributed by atoms with Gasteiger partial charge in [-0.05, 0) is 94.0 Å². The molecule has 0 atom stereocenters. The molecule has 12 rings (SSSR count). The number of para-hydroxylation sites is 3. The molecule has 0 fully saturated rings. The van der Waals surface area contributed by atoms with E-state index >= 15 is 0 Å². The number of furan rings is 1. The van der Waals surface area contributed by atoms with E-state index in [2.05, 4.69) is 246 Å². The zero-order chi connectivity index (χ0) is 41.7. The highest BCUT2D eigenvalue weighted by molar-refractivity contribution is 6.22. The van der Waals surface area contributed by atoms with E-state index in [1.807, 2.05) is 6.07 Å². The molecule has 0 saturated carbocycles. The Morgan fingerprint density at radius 3 is 1.57 bits per heavy atom. The van der Waals surface area contributed by atoms with Crippen molar-refractivity contribution in [2.75, 3.05) is 4.90 Å². The van der Waals surface area contributed by atoms with Gasteiger partial charge in [0.2, 0.25) is 0 Å². The van der Waals surface area contributed by atoms with Gasteiger partial charge in [-0.25, -0.2) is 0 Å². The molecular weight excluding hydrogens is 765 g/mol. The van der Waals surface area contributed by atoms with Crippen molar-refractivity contribution in [3.8, 4) is 50.2 Å². The topological polar surface area (TPSA) is 21.3 Å². The third kappa shape index (κ3) is 6.21. The number of anilines is 3. The first kappa shape index (κ1) is 36.5. The Morgan fingerprint density at radius 1 is 0.333 bits per heavy atom. The Hall–Kier alpha value is -8.40. The lowest BCUT2D eigenvalue weighted by Crippen LogP contribution is -2.12. The summed E-state index contributed by atoms with van der Waals surface area (Å²) in [7, 11) is 0. The molecule has 63 heavy (non-hydrogen) atoms. The van der Waals surface area contributed by atoms with E-state index in [4.69, 9.17) is 4.42 Å². The molecule has 0 radical (unpaired) electrons. The van der Waals surface area contributed by atoms with E-state index in [9.17, 15) is 0 Å². The summed E-state index contributed by atoms with van der Waals surface area (Å²) in [5, 5.41) is 4.47. The Bertz CT molecular complexity index is 3590. The molecule has 3 heteroatoms. The third-order valence-electron chi connectivity index (χ3n) is 12.4. The third-order valence-corrected chi connectivity index (χ3v) is 12.4. The average Bonchev–Trinajstić information content (AvgIpc) is 3.92. The molecule has 0 spiro atoms. The summed E-state index contributed by atoms with van der Waals surface area (Å²) in [5.41, 5.74) is 17.3. The lowest BCUT2D eigenvalue weighted by atomic mass is 9.94. The van der Waals surface area contributed by atoms with Crippen molar-refractivity contribution in [1.82, 2.24) is 4.57 Å². The zero-order valence-corrected chi connectivity index (χ0v) is 34.4. The minimum atomic E-state index is 0.837. The van der Waals surface area contributed by atoms with Crippen LogP contribution in [0.25, 0.3) is 93.9 Å². The fourth-order valence-corrected chi connectivity index (χ4v) is 9.53. The summed E-state index contributed by atoms with van der Waals surface area (Å²) < 4.78 is 9.39. The van der Waals surface area contributed by atoms with Gasteiger partial charge in [-0.1, -0.05) is 182 Å². The van der Waals surface area contributed by atoms with Crippen LogP contribution in [0.15, 0.2) is 247 Å². The van der Waals surface area contributed by atoms with E-state index in [1.165, 1.54) is 16.7 Å². The number of benzene rings is 10. The molecule has 0 amide bonds. The number of hydrogen-bond donors (Lipinski definition) is 0. The van der Waals surface area contributed by atoms with Gasteiger partial charge in [0.15, 0.2) is 5.58 Å². The Balaban J connectivity index is 1.25. The van der Waals surface area contributed by atoms with Gasteiger partial charge in [0.1, 0.15) is 5.58 Å². The van der Waals surface area contributed by atoms with Gasteiger partial charge in [-0.3, -0.25) is 0 Å². The monoisotopic (exact) mass is 804 g/mol. The molecule has 296 valence electrons. The lowest BCUT2D eigenvalue weighted by Gasteiger charge is -2.29. The number of fused-ring (bicyclic) bond motifs is 6. The second-order valence-corrected chi connectivity index (χ2v) is 16.0. The van der Waals surface area contributed by atoms with E-state index in [1.54, 1.807) is 0 Å². The summed E-state index contributed by atoms with van der Waals surface area (Å²) in [6.45, 7) is 0. The zero-order valence-electron chi connectivity index (χ0n) is 34.4. The summed E-state index contributed by atoms with van der Waals surface area (Å²) in [6.07, 6.45) is 0. The molecule has 0 unspecified atom stereocenters. The minimum absolute atomic E-state index is 0.837. The maximum atomic E-state index is 6.93. The molecule has 0 aliphatic heterocycles. The van der Waals surface area contributed by atoms with Crippen LogP contribution in [0.5, 0.6) is 0 Å². The van der Waals surface area contributed by atoms with Crippen LogP contribution >= 0.6 is 0 Å². The molecule has 2 aromatic heterocycles. The van der Waals surface area contributed by atoms with Gasteiger partial charge in [0.25, 0.3) is 0 Å². The maximum Gasteiger partial charge on any atom is 0.159 e. The highest BCUT2D eigenvalue weighted by Crippen LogP contribution is 2.51. The average molecular weight is 805 g/mol. The molecule has 10 aromatic carbocycles. The van der Waals surface area contributed by atoms with Crippen molar-refractivity contribution >= 4 is 60.8 Å². The standard InChI is InChI=1S/C60H40N2O/c1-6-20-41(21-7-1)45-36-37-53(50(38-45)43-24-10-3-11-25-43)62(56-34-18-31-49-48-30-16-17-35-57(48)63-60(49)56)55-33-19-32-54-58(55)52-40-46(42-22-8-2-9-23-42)39-51(44-26-12-4-13-27-44)59(52)61(54)47-28-14-5-15-29-47/h1-40H. The SMILES string of the molecule is c1ccc(-c2ccc(N(c3cccc4c3oc3ccccc34)c3cccc4c3c3cc(-c5ccccc5)cc(-c5ccccc5)c3n4-c3ccccc3)c(-c3ccccc3)c2)cc1. The van der Waals surface area contributed by atoms with Crippen molar-refractivity contribution in [2.24, 2.45) is 0 Å². The maximum absolute atomic E-state index is 6.93. The van der Waals surface area contributed by atoms with Crippen molar-refractivity contribution in [2.45, 2.75) is 0 Å². The minimum Gasteiger partial charge on any atom is -0.454 e. The van der Waals surface area contributed by atoms with Gasteiger partial charge in [0, 0.05) is 38.4 Å². The second-order valence-electron chi connectivity index (χ2n) is 16.0. The van der Waals surface area contributed by atoms with Crippen LogP contribution in [0.3, 0.4) is 0 Å². The normalized spacial score (nSPS) is 11.5. The van der Waals surface area contributed by atoms with Gasteiger partial charge < -0.3 is 13.9 Å². The summed E-state index contributed by atoms with van der Waals surface area (Å²) in [6, 6.07) is 87.2. The van der Waals surface area contributed by atoms with Crippen LogP contribution in [-0.4, -0.2) is 4.57 Å². The Morgan fingerprint density at radius 2 is 0.873 bits per heavy atom.